The Bertz CT molecular complexity index is 2180. The van der Waals surface area contributed by atoms with Crippen molar-refractivity contribution in [2.75, 3.05) is 13.1 Å². The molecule has 302 valence electrons. The Labute approximate surface area is 330 Å². The van der Waals surface area contributed by atoms with Crippen LogP contribution in [-0.4, -0.2) is 77.1 Å². The van der Waals surface area contributed by atoms with E-state index in [2.05, 4.69) is 5.32 Å². The van der Waals surface area contributed by atoms with Crippen LogP contribution in [-0.2, 0) is 14.3 Å². The number of carboxylic acids is 1. The van der Waals surface area contributed by atoms with Gasteiger partial charge in [0.25, 0.3) is 0 Å². The van der Waals surface area contributed by atoms with Crippen molar-refractivity contribution in [3.63, 3.8) is 0 Å². The van der Waals surface area contributed by atoms with Gasteiger partial charge in [0.05, 0.1) is 0 Å². The van der Waals surface area contributed by atoms with Crippen LogP contribution in [0.3, 0.4) is 0 Å². The van der Waals surface area contributed by atoms with Gasteiger partial charge in [0, 0.05) is 24.1 Å². The number of allylic oxidation sites excluding steroid dienone is 2. The number of carbonyl (C=O) groups excluding carboxylic acids is 1. The number of unbranched alkanes of at least 4 members (excludes halogenated alkanes) is 2. The molecule has 1 aliphatic rings. The van der Waals surface area contributed by atoms with E-state index in [1.165, 1.54) is 36.4 Å². The van der Waals surface area contributed by atoms with Gasteiger partial charge in [0.2, 0.25) is 6.10 Å². The molecule has 4 aromatic rings. The van der Waals surface area contributed by atoms with E-state index >= 15 is 0 Å². The molecule has 0 heterocycles. The summed E-state index contributed by atoms with van der Waals surface area (Å²) in [6, 6.07) is 12.8. The van der Waals surface area contributed by atoms with Crippen molar-refractivity contribution in [1.82, 2.24) is 5.32 Å². The fourth-order valence-electron chi connectivity index (χ4n) is 7.41. The average Bonchev–Trinajstić information content (AvgIpc) is 3.17. The number of carboxylic acid groups (broad SMARTS) is 1. The number of hydrogen-bond donors (Lipinski definition) is 10. The maximum atomic E-state index is 13.9. The SMILES string of the molecule is CCCCCC(=CC(=O)O[C@@H](C(=O)O)[C@H](CNCC)c1cc(O)c(O)c(O)c1)c1cc(O)c(O)c2c1C=C(c1cc(O)c(O)cc1-c1cccc(O)c1)C[C@H]2CC. The number of hydrogen-bond acceptors (Lipinski definition) is 12. The van der Waals surface area contributed by atoms with Crippen LogP contribution in [0.5, 0.6) is 46.0 Å². The largest absolute Gasteiger partial charge is 0.508 e. The molecule has 3 atom stereocenters. The number of phenolic OH excluding ortho intramolecular Hbond substituents is 8. The molecule has 0 aliphatic heterocycles. The van der Waals surface area contributed by atoms with Gasteiger partial charge in [0.1, 0.15) is 5.75 Å². The van der Waals surface area contributed by atoms with Crippen molar-refractivity contribution in [2.24, 2.45) is 0 Å². The molecule has 57 heavy (non-hydrogen) atoms. The molecular weight excluding hydrogens is 734 g/mol. The standard InChI is InChI=1S/C44H49NO12/c1-4-7-8-10-25(18-39(52)57-43(44(55)56)33(22-45-6-3)27-16-36(49)41(53)37(50)17-27)30-21-38(51)42(54)40-23(5-2)13-26(15-32(30)40)31-20-35(48)34(47)19-29(31)24-11-9-12-28(46)14-24/h9,11-12,14-21,23,33,43,45-51,53-54H,4-8,10,13,22H2,1-3H3,(H,55,56)/t23-,33-,43-/m1/s1. The third kappa shape index (κ3) is 9.21. The smallest absolute Gasteiger partial charge is 0.345 e. The Morgan fingerprint density at radius 1 is 0.825 bits per heavy atom. The molecule has 0 amide bonds. The number of nitrogens with one attached hydrogen (secondary N) is 1. The van der Waals surface area contributed by atoms with Gasteiger partial charge in [-0.3, -0.25) is 0 Å². The zero-order valence-electron chi connectivity index (χ0n) is 32.0. The van der Waals surface area contributed by atoms with E-state index in [0.717, 1.165) is 25.0 Å². The third-order valence-corrected chi connectivity index (χ3v) is 10.3. The van der Waals surface area contributed by atoms with E-state index in [9.17, 15) is 55.5 Å². The predicted molar refractivity (Wildman–Crippen MR) is 215 cm³/mol. The average molecular weight is 784 g/mol. The summed E-state index contributed by atoms with van der Waals surface area (Å²) in [7, 11) is 0. The number of esters is 1. The number of aliphatic carboxylic acids is 1. The number of carbonyl (C=O) groups is 2. The molecule has 0 saturated carbocycles. The molecule has 5 rings (SSSR count). The highest BCUT2D eigenvalue weighted by molar-refractivity contribution is 5.99. The number of rotatable bonds is 16. The lowest BCUT2D eigenvalue weighted by atomic mass is 9.75. The predicted octanol–water partition coefficient (Wildman–Crippen LogP) is 7.79. The molecule has 0 aromatic heterocycles. The monoisotopic (exact) mass is 783 g/mol. The second-order valence-corrected chi connectivity index (χ2v) is 14.2. The van der Waals surface area contributed by atoms with Crippen LogP contribution >= 0.6 is 0 Å². The number of ether oxygens (including phenoxy) is 1. The molecule has 0 unspecified atom stereocenters. The highest BCUT2D eigenvalue weighted by atomic mass is 16.6. The van der Waals surface area contributed by atoms with Crippen LogP contribution in [0.2, 0.25) is 0 Å². The van der Waals surface area contributed by atoms with Crippen molar-refractivity contribution >= 4 is 29.2 Å². The Morgan fingerprint density at radius 2 is 1.49 bits per heavy atom. The summed E-state index contributed by atoms with van der Waals surface area (Å²) < 4.78 is 5.64. The second kappa shape index (κ2) is 18.1. The zero-order valence-corrected chi connectivity index (χ0v) is 32.0. The quantitative estimate of drug-likeness (QED) is 0.0226. The second-order valence-electron chi connectivity index (χ2n) is 14.2. The molecule has 0 saturated heterocycles. The van der Waals surface area contributed by atoms with Gasteiger partial charge in [-0.2, -0.15) is 0 Å². The molecule has 0 radical (unpaired) electrons. The van der Waals surface area contributed by atoms with Gasteiger partial charge in [-0.15, -0.1) is 0 Å². The molecule has 4 aromatic carbocycles. The van der Waals surface area contributed by atoms with Gasteiger partial charge in [-0.25, -0.2) is 9.59 Å². The minimum Gasteiger partial charge on any atom is -0.508 e. The number of likely N-dealkylation sites (N-methyl/N-ethyl adjacent to an activating group) is 1. The van der Waals surface area contributed by atoms with Crippen LogP contribution in [0.15, 0.2) is 60.7 Å². The highest BCUT2D eigenvalue weighted by Gasteiger charge is 2.35. The molecule has 0 spiro atoms. The Balaban J connectivity index is 1.67. The number of fused-ring (bicyclic) bond motifs is 1. The summed E-state index contributed by atoms with van der Waals surface area (Å²) in [5, 5.41) is 97.6. The van der Waals surface area contributed by atoms with Crippen LogP contribution in [0.1, 0.15) is 98.9 Å². The molecule has 0 fully saturated rings. The summed E-state index contributed by atoms with van der Waals surface area (Å²) in [5.41, 5.74) is 4.10. The third-order valence-electron chi connectivity index (χ3n) is 10.3. The normalized spacial score (nSPS) is 15.0. The molecule has 10 N–H and O–H groups in total. The topological polar surface area (TPSA) is 237 Å². The summed E-state index contributed by atoms with van der Waals surface area (Å²) in [5.74, 6) is -7.66. The van der Waals surface area contributed by atoms with Gasteiger partial charge in [-0.1, -0.05) is 51.8 Å². The maximum Gasteiger partial charge on any atom is 0.345 e. The van der Waals surface area contributed by atoms with Crippen LogP contribution in [0.25, 0.3) is 28.3 Å². The highest BCUT2D eigenvalue weighted by Crippen LogP contribution is 2.52. The minimum absolute atomic E-state index is 0.00529. The zero-order chi connectivity index (χ0) is 41.6. The summed E-state index contributed by atoms with van der Waals surface area (Å²) in [4.78, 5) is 26.6. The van der Waals surface area contributed by atoms with E-state index in [1.807, 2.05) is 13.8 Å². The van der Waals surface area contributed by atoms with E-state index in [1.54, 1.807) is 25.1 Å². The molecule has 1 aliphatic carbocycles. The fourth-order valence-corrected chi connectivity index (χ4v) is 7.41. The van der Waals surface area contributed by atoms with Crippen LogP contribution in [0.4, 0.5) is 0 Å². The lowest BCUT2D eigenvalue weighted by Crippen LogP contribution is -2.38. The van der Waals surface area contributed by atoms with Crippen LogP contribution in [0, 0.1) is 0 Å². The maximum absolute atomic E-state index is 13.9. The molecule has 13 heteroatoms. The number of phenols is 8. The minimum atomic E-state index is -1.82. The first-order valence-corrected chi connectivity index (χ1v) is 18.9. The Morgan fingerprint density at radius 3 is 2.11 bits per heavy atom. The van der Waals surface area contributed by atoms with Gasteiger partial charge in [-0.05, 0) is 125 Å². The Kier molecular flexibility index (Phi) is 13.3. The van der Waals surface area contributed by atoms with Crippen molar-refractivity contribution in [3.05, 3.63) is 88.5 Å². The first-order chi connectivity index (χ1) is 27.2. The first kappa shape index (κ1) is 41.8. The molecular formula is C44H49NO12. The van der Waals surface area contributed by atoms with E-state index in [0.29, 0.717) is 76.8 Å². The molecule has 13 nitrogen and oxygen atoms in total. The van der Waals surface area contributed by atoms with Crippen molar-refractivity contribution < 1.29 is 60.3 Å². The summed E-state index contributed by atoms with van der Waals surface area (Å²) in [6.07, 6.45) is 4.52. The summed E-state index contributed by atoms with van der Waals surface area (Å²) >= 11 is 0. The number of aromatic hydroxyl groups is 8. The van der Waals surface area contributed by atoms with Crippen LogP contribution < -0.4 is 5.32 Å². The molecule has 0 bridgehead atoms. The van der Waals surface area contributed by atoms with Crippen molar-refractivity contribution in [1.29, 1.82) is 0 Å². The van der Waals surface area contributed by atoms with Gasteiger partial charge >= 0.3 is 11.9 Å². The lowest BCUT2D eigenvalue weighted by Gasteiger charge is -2.30. The lowest BCUT2D eigenvalue weighted by molar-refractivity contribution is -0.162. The van der Waals surface area contributed by atoms with Crippen molar-refractivity contribution in [2.45, 2.75) is 77.2 Å². The van der Waals surface area contributed by atoms with E-state index in [-0.39, 0.29) is 41.0 Å². The summed E-state index contributed by atoms with van der Waals surface area (Å²) in [6.45, 7) is 6.08. The number of benzene rings is 4. The van der Waals surface area contributed by atoms with Gasteiger partial charge < -0.3 is 56.0 Å². The van der Waals surface area contributed by atoms with E-state index < -0.39 is 47.0 Å². The Hall–Kier alpha value is -6.34. The van der Waals surface area contributed by atoms with Gasteiger partial charge in [0.15, 0.2) is 40.2 Å². The van der Waals surface area contributed by atoms with E-state index in [4.69, 9.17) is 4.74 Å². The first-order valence-electron chi connectivity index (χ1n) is 18.9. The van der Waals surface area contributed by atoms with Crippen molar-refractivity contribution in [3.8, 4) is 57.1 Å². The fraction of sp³-hybridized carbons (Fsp3) is 0.318.